The Labute approximate surface area is 186 Å². The Kier molecular flexibility index (Phi) is 5.92. The third-order valence-electron chi connectivity index (χ3n) is 4.39. The number of nitrogens with zero attached hydrogens (tertiary/aromatic N) is 1. The van der Waals surface area contributed by atoms with Gasteiger partial charge < -0.3 is 20.2 Å². The molecule has 0 aliphatic heterocycles. The zero-order chi connectivity index (χ0) is 21.1. The molecule has 1 aromatic heterocycles. The fourth-order valence-corrected chi connectivity index (χ4v) is 3.32. The number of nitrogens with two attached hydrogens (primary N) is 1. The van der Waals surface area contributed by atoms with Crippen LogP contribution in [-0.4, -0.2) is 15.9 Å². The van der Waals surface area contributed by atoms with Crippen LogP contribution in [0.1, 0.15) is 21.7 Å². The van der Waals surface area contributed by atoms with Crippen LogP contribution < -0.4 is 15.2 Å². The molecule has 0 aliphatic carbocycles. The van der Waals surface area contributed by atoms with Crippen molar-refractivity contribution in [3.05, 3.63) is 87.1 Å². The van der Waals surface area contributed by atoms with Crippen LogP contribution in [0.15, 0.2) is 65.1 Å². The van der Waals surface area contributed by atoms with Crippen molar-refractivity contribution >= 4 is 44.5 Å². The number of hydrogen-bond donors (Lipinski definition) is 2. The lowest BCUT2D eigenvalue weighted by Gasteiger charge is -2.13. The van der Waals surface area contributed by atoms with Gasteiger partial charge in [-0.05, 0) is 54.1 Å². The van der Waals surface area contributed by atoms with Gasteiger partial charge in [-0.1, -0.05) is 39.7 Å². The first kappa shape index (κ1) is 20.3. The van der Waals surface area contributed by atoms with E-state index in [9.17, 15) is 4.79 Å². The van der Waals surface area contributed by atoms with Crippen molar-refractivity contribution in [2.24, 2.45) is 5.73 Å². The molecule has 3 N–H and O–H groups in total. The summed E-state index contributed by atoms with van der Waals surface area (Å²) in [5.41, 5.74) is 8.36. The quantitative estimate of drug-likeness (QED) is 0.374. The Hall–Kier alpha value is -3.03. The molecule has 0 saturated heterocycles. The number of nitrogens with one attached hydrogen (secondary N) is 1. The summed E-state index contributed by atoms with van der Waals surface area (Å²) in [4.78, 5) is 19.2. The van der Waals surface area contributed by atoms with E-state index >= 15 is 0 Å². The van der Waals surface area contributed by atoms with Gasteiger partial charge in [0.1, 0.15) is 19.0 Å². The molecular formula is C22H17BrClN3O3. The van der Waals surface area contributed by atoms with E-state index in [4.69, 9.17) is 26.8 Å². The molecule has 0 bridgehead atoms. The number of primary amides is 1. The number of carbonyl (C=O) groups excluding carboxylic acids is 1. The van der Waals surface area contributed by atoms with Crippen LogP contribution >= 0.6 is 27.5 Å². The number of amides is 1. The molecule has 4 aromatic rings. The molecule has 6 nitrogen and oxygen atoms in total. The molecule has 0 fully saturated rings. The number of halogens is 2. The van der Waals surface area contributed by atoms with Crippen LogP contribution in [-0.2, 0) is 13.2 Å². The Morgan fingerprint density at radius 3 is 2.53 bits per heavy atom. The van der Waals surface area contributed by atoms with Crippen molar-refractivity contribution in [3.8, 4) is 11.5 Å². The van der Waals surface area contributed by atoms with Crippen LogP contribution in [0.2, 0.25) is 5.02 Å². The van der Waals surface area contributed by atoms with E-state index in [1.165, 1.54) is 0 Å². The number of aromatic nitrogens is 2. The first-order valence-corrected chi connectivity index (χ1v) is 10.2. The van der Waals surface area contributed by atoms with E-state index < -0.39 is 5.91 Å². The lowest BCUT2D eigenvalue weighted by molar-refractivity contribution is 0.0999. The minimum absolute atomic E-state index is 0.191. The monoisotopic (exact) mass is 485 g/mol. The summed E-state index contributed by atoms with van der Waals surface area (Å²) >= 11 is 9.43. The maximum Gasteiger partial charge on any atom is 0.248 e. The van der Waals surface area contributed by atoms with Gasteiger partial charge in [0.2, 0.25) is 5.91 Å². The van der Waals surface area contributed by atoms with Crippen molar-refractivity contribution in [3.63, 3.8) is 0 Å². The lowest BCUT2D eigenvalue weighted by Crippen LogP contribution is -2.11. The zero-order valence-electron chi connectivity index (χ0n) is 15.7. The smallest absolute Gasteiger partial charge is 0.248 e. The number of fused-ring (bicyclic) bond motifs is 1. The second kappa shape index (κ2) is 8.77. The highest BCUT2D eigenvalue weighted by Crippen LogP contribution is 2.30. The Bertz CT molecular complexity index is 1210. The SMILES string of the molecule is NC(=O)c1ccc(OCc2nc3ccc(Cl)cc3[nH]2)c(OCc2ccc(Br)cc2)c1. The minimum atomic E-state index is -0.538. The summed E-state index contributed by atoms with van der Waals surface area (Å²) in [6.45, 7) is 0.506. The van der Waals surface area contributed by atoms with E-state index in [1.807, 2.05) is 36.4 Å². The lowest BCUT2D eigenvalue weighted by atomic mass is 10.2. The standard InChI is InChI=1S/C22H17BrClN3O3/c23-15-4-1-13(2-5-15)11-29-20-9-14(22(25)28)3-8-19(20)30-12-21-26-17-7-6-16(24)10-18(17)27-21/h1-10H,11-12H2,(H2,25,28)(H,26,27). The largest absolute Gasteiger partial charge is 0.485 e. The van der Waals surface area contributed by atoms with Gasteiger partial charge >= 0.3 is 0 Å². The van der Waals surface area contributed by atoms with Crippen LogP contribution in [0.3, 0.4) is 0 Å². The summed E-state index contributed by atoms with van der Waals surface area (Å²) in [7, 11) is 0. The molecule has 0 spiro atoms. The van der Waals surface area contributed by atoms with Gasteiger partial charge in [0, 0.05) is 15.1 Å². The van der Waals surface area contributed by atoms with Crippen molar-refractivity contribution in [2.75, 3.05) is 0 Å². The molecule has 0 atom stereocenters. The number of ether oxygens (including phenoxy) is 2. The summed E-state index contributed by atoms with van der Waals surface area (Å²) in [6, 6.07) is 18.0. The fourth-order valence-electron chi connectivity index (χ4n) is 2.88. The topological polar surface area (TPSA) is 90.2 Å². The molecule has 152 valence electrons. The highest BCUT2D eigenvalue weighted by atomic mass is 79.9. The van der Waals surface area contributed by atoms with Crippen LogP contribution in [0, 0.1) is 0 Å². The summed E-state index contributed by atoms with van der Waals surface area (Å²) < 4.78 is 12.8. The number of carbonyl (C=O) groups is 1. The number of hydrogen-bond acceptors (Lipinski definition) is 4. The summed E-state index contributed by atoms with van der Waals surface area (Å²) in [5.74, 6) is 1.01. The third-order valence-corrected chi connectivity index (χ3v) is 5.16. The second-order valence-corrected chi connectivity index (χ2v) is 7.93. The zero-order valence-corrected chi connectivity index (χ0v) is 18.0. The summed E-state index contributed by atoms with van der Waals surface area (Å²) in [5, 5.41) is 0.629. The van der Waals surface area contributed by atoms with Crippen molar-refractivity contribution in [2.45, 2.75) is 13.2 Å². The first-order valence-electron chi connectivity index (χ1n) is 9.06. The van der Waals surface area contributed by atoms with E-state index in [2.05, 4.69) is 25.9 Å². The maximum absolute atomic E-state index is 11.6. The van der Waals surface area contributed by atoms with Gasteiger partial charge in [-0.2, -0.15) is 0 Å². The average molecular weight is 487 g/mol. The van der Waals surface area contributed by atoms with E-state index in [0.717, 1.165) is 21.1 Å². The minimum Gasteiger partial charge on any atom is -0.485 e. The average Bonchev–Trinajstić information content (AvgIpc) is 3.14. The van der Waals surface area contributed by atoms with Crippen LogP contribution in [0.5, 0.6) is 11.5 Å². The third kappa shape index (κ3) is 4.75. The van der Waals surface area contributed by atoms with Gasteiger partial charge in [-0.25, -0.2) is 4.98 Å². The highest BCUT2D eigenvalue weighted by molar-refractivity contribution is 9.10. The predicted molar refractivity (Wildman–Crippen MR) is 119 cm³/mol. The van der Waals surface area contributed by atoms with Gasteiger partial charge in [0.05, 0.1) is 11.0 Å². The van der Waals surface area contributed by atoms with Gasteiger partial charge in [0.15, 0.2) is 11.5 Å². The molecular weight excluding hydrogens is 470 g/mol. The number of aromatic amines is 1. The molecule has 0 saturated carbocycles. The molecule has 1 amide bonds. The molecule has 30 heavy (non-hydrogen) atoms. The Balaban J connectivity index is 1.53. The normalized spacial score (nSPS) is 10.9. The van der Waals surface area contributed by atoms with E-state index in [-0.39, 0.29) is 6.61 Å². The number of H-pyrrole nitrogens is 1. The Morgan fingerprint density at radius 2 is 1.77 bits per heavy atom. The summed E-state index contributed by atoms with van der Waals surface area (Å²) in [6.07, 6.45) is 0. The van der Waals surface area contributed by atoms with Crippen LogP contribution in [0.4, 0.5) is 0 Å². The molecule has 3 aromatic carbocycles. The van der Waals surface area contributed by atoms with Crippen molar-refractivity contribution in [1.82, 2.24) is 9.97 Å². The van der Waals surface area contributed by atoms with Gasteiger partial charge in [-0.3, -0.25) is 4.79 Å². The van der Waals surface area contributed by atoms with Crippen LogP contribution in [0.25, 0.3) is 11.0 Å². The predicted octanol–water partition coefficient (Wildman–Crippen LogP) is 5.24. The number of rotatable bonds is 7. The number of benzene rings is 3. The molecule has 1 heterocycles. The van der Waals surface area contributed by atoms with Crippen molar-refractivity contribution < 1.29 is 14.3 Å². The van der Waals surface area contributed by atoms with Gasteiger partial charge in [0.25, 0.3) is 0 Å². The van der Waals surface area contributed by atoms with E-state index in [1.54, 1.807) is 24.3 Å². The highest BCUT2D eigenvalue weighted by Gasteiger charge is 2.12. The molecule has 0 unspecified atom stereocenters. The fraction of sp³-hybridized carbons (Fsp3) is 0.0909. The van der Waals surface area contributed by atoms with E-state index in [0.29, 0.717) is 34.5 Å². The molecule has 4 rings (SSSR count). The second-order valence-electron chi connectivity index (χ2n) is 6.57. The Morgan fingerprint density at radius 1 is 1.00 bits per heavy atom. The maximum atomic E-state index is 11.6. The first-order chi connectivity index (χ1) is 14.5. The van der Waals surface area contributed by atoms with Gasteiger partial charge in [-0.15, -0.1) is 0 Å². The number of imidazole rings is 1. The molecule has 0 radical (unpaired) electrons. The molecule has 0 aliphatic rings. The molecule has 8 heteroatoms. The van der Waals surface area contributed by atoms with Crippen molar-refractivity contribution in [1.29, 1.82) is 0 Å².